The van der Waals surface area contributed by atoms with Crippen molar-refractivity contribution >= 4 is 27.8 Å². The van der Waals surface area contributed by atoms with Gasteiger partial charge >= 0.3 is 6.09 Å². The lowest BCUT2D eigenvalue weighted by atomic mass is 10.1. The molecule has 0 saturated carbocycles. The molecule has 2 rings (SSSR count). The summed E-state index contributed by atoms with van der Waals surface area (Å²) in [5.41, 5.74) is 0.638. The molecular formula is C15H22FN5O4S. The van der Waals surface area contributed by atoms with Gasteiger partial charge in [-0.3, -0.25) is 10.7 Å². The summed E-state index contributed by atoms with van der Waals surface area (Å²) in [5, 5.41) is 20.2. The van der Waals surface area contributed by atoms with Crippen molar-refractivity contribution < 1.29 is 22.7 Å². The molecule has 1 heterocycles. The maximum Gasteiger partial charge on any atom is 0.411 e. The van der Waals surface area contributed by atoms with Gasteiger partial charge < -0.3 is 15.3 Å². The smallest absolute Gasteiger partial charge is 0.411 e. The Morgan fingerprint density at radius 1 is 1.31 bits per heavy atom. The summed E-state index contributed by atoms with van der Waals surface area (Å²) in [5.74, 6) is -0.880. The minimum Gasteiger partial charge on any atom is -0.465 e. The van der Waals surface area contributed by atoms with Crippen LogP contribution in [-0.4, -0.2) is 61.8 Å². The third kappa shape index (κ3) is 4.82. The topological polar surface area (TPSA) is 126 Å². The first-order chi connectivity index (χ1) is 12.2. The minimum absolute atomic E-state index is 0.0405. The van der Waals surface area contributed by atoms with Gasteiger partial charge in [-0.05, 0) is 13.0 Å². The zero-order chi connectivity index (χ0) is 19.3. The second-order valence-electron chi connectivity index (χ2n) is 5.70. The molecule has 1 saturated heterocycles. The number of carbonyl (C=O) groups is 1. The fraction of sp³-hybridized carbons (Fsp3) is 0.467. The van der Waals surface area contributed by atoms with Crippen LogP contribution in [0, 0.1) is 11.2 Å². The number of amides is 1. The van der Waals surface area contributed by atoms with Crippen molar-refractivity contribution in [2.45, 2.75) is 13.5 Å². The van der Waals surface area contributed by atoms with E-state index in [9.17, 15) is 17.6 Å². The molecule has 1 fully saturated rings. The molecule has 0 atom stereocenters. The van der Waals surface area contributed by atoms with Crippen molar-refractivity contribution in [1.29, 1.82) is 5.41 Å². The summed E-state index contributed by atoms with van der Waals surface area (Å²) in [6.07, 6.45) is -1.38. The van der Waals surface area contributed by atoms with Gasteiger partial charge in [0.05, 0.1) is 11.4 Å². The third-order valence-electron chi connectivity index (χ3n) is 4.08. The Kier molecular flexibility index (Phi) is 6.37. The Balaban J connectivity index is 2.03. The van der Waals surface area contributed by atoms with Crippen LogP contribution in [0.1, 0.15) is 12.5 Å². The predicted molar refractivity (Wildman–Crippen MR) is 95.4 cm³/mol. The molecule has 1 aliphatic rings. The second kappa shape index (κ2) is 8.32. The van der Waals surface area contributed by atoms with Crippen LogP contribution in [0.5, 0.6) is 0 Å². The summed E-state index contributed by atoms with van der Waals surface area (Å²) in [6.45, 7) is 2.89. The van der Waals surface area contributed by atoms with Crippen LogP contribution >= 0.6 is 0 Å². The zero-order valence-electron chi connectivity index (χ0n) is 14.3. The first-order valence-electron chi connectivity index (χ1n) is 8.07. The zero-order valence-corrected chi connectivity index (χ0v) is 15.1. The van der Waals surface area contributed by atoms with Crippen LogP contribution in [0.3, 0.4) is 0 Å². The van der Waals surface area contributed by atoms with E-state index in [1.165, 1.54) is 10.4 Å². The molecule has 11 heteroatoms. The maximum absolute atomic E-state index is 14.7. The summed E-state index contributed by atoms with van der Waals surface area (Å²) in [7, 11) is -3.25. The average Bonchev–Trinajstić information content (AvgIpc) is 2.60. The van der Waals surface area contributed by atoms with Crippen molar-refractivity contribution in [2.75, 3.05) is 36.8 Å². The average molecular weight is 387 g/mol. The van der Waals surface area contributed by atoms with Crippen LogP contribution in [0.4, 0.5) is 14.9 Å². The van der Waals surface area contributed by atoms with Gasteiger partial charge in [0.2, 0.25) is 10.0 Å². The van der Waals surface area contributed by atoms with Crippen molar-refractivity contribution in [3.63, 3.8) is 0 Å². The van der Waals surface area contributed by atoms with Gasteiger partial charge in [-0.15, -0.1) is 0 Å². The Morgan fingerprint density at radius 3 is 2.54 bits per heavy atom. The van der Waals surface area contributed by atoms with Gasteiger partial charge in [0.15, 0.2) is 11.8 Å². The second-order valence-corrected chi connectivity index (χ2v) is 7.95. The van der Waals surface area contributed by atoms with Crippen molar-refractivity contribution in [3.8, 4) is 0 Å². The van der Waals surface area contributed by atoms with E-state index in [0.717, 1.165) is 0 Å². The molecule has 0 spiro atoms. The molecule has 144 valence electrons. The van der Waals surface area contributed by atoms with E-state index in [0.29, 0.717) is 31.9 Å². The Morgan fingerprint density at radius 2 is 1.96 bits per heavy atom. The SMILES string of the molecule is CCS(=O)(=O)N1CCN(c2cccc(CNC(=N)NC(=O)O)c2F)CC1. The molecule has 0 aliphatic carbocycles. The number of nitrogens with one attached hydrogen (secondary N) is 3. The van der Waals surface area contributed by atoms with Crippen molar-refractivity contribution in [1.82, 2.24) is 14.9 Å². The van der Waals surface area contributed by atoms with Crippen molar-refractivity contribution in [3.05, 3.63) is 29.6 Å². The van der Waals surface area contributed by atoms with E-state index in [1.807, 2.05) is 5.32 Å². The highest BCUT2D eigenvalue weighted by atomic mass is 32.2. The van der Waals surface area contributed by atoms with Gasteiger partial charge in [0.25, 0.3) is 0 Å². The highest BCUT2D eigenvalue weighted by molar-refractivity contribution is 7.89. The number of carboxylic acid groups (broad SMARTS) is 1. The summed E-state index contributed by atoms with van der Waals surface area (Å²) in [4.78, 5) is 12.2. The molecular weight excluding hydrogens is 365 g/mol. The fourth-order valence-corrected chi connectivity index (χ4v) is 3.76. The van der Waals surface area contributed by atoms with Gasteiger partial charge in [0, 0.05) is 38.3 Å². The number of sulfonamides is 1. The van der Waals surface area contributed by atoms with Gasteiger partial charge in [-0.2, -0.15) is 4.31 Å². The van der Waals surface area contributed by atoms with Gasteiger partial charge in [0.1, 0.15) is 0 Å². The largest absolute Gasteiger partial charge is 0.465 e. The number of guanidine groups is 1. The third-order valence-corrected chi connectivity index (χ3v) is 5.96. The number of nitrogens with zero attached hydrogens (tertiary/aromatic N) is 2. The van der Waals surface area contributed by atoms with Crippen LogP contribution in [0.2, 0.25) is 0 Å². The Labute approximate surface area is 151 Å². The molecule has 0 radical (unpaired) electrons. The number of anilines is 1. The molecule has 1 aromatic rings. The fourth-order valence-electron chi connectivity index (χ4n) is 2.67. The molecule has 9 nitrogen and oxygen atoms in total. The van der Waals surface area contributed by atoms with Crippen LogP contribution < -0.4 is 15.5 Å². The number of rotatable bonds is 5. The van der Waals surface area contributed by atoms with E-state index in [1.54, 1.807) is 24.0 Å². The van der Waals surface area contributed by atoms with Crippen LogP contribution in [-0.2, 0) is 16.6 Å². The van der Waals surface area contributed by atoms with E-state index >= 15 is 0 Å². The standard InChI is InChI=1S/C15H22FN5O4S/c1-2-26(24,25)21-8-6-20(7-9-21)12-5-3-4-11(13(12)16)10-18-14(17)19-15(22)23/h3-5H,2,6-10H2,1H3,(H,22,23)(H3,17,18,19). The lowest BCUT2D eigenvalue weighted by Gasteiger charge is -2.35. The van der Waals surface area contributed by atoms with Gasteiger partial charge in [-0.25, -0.2) is 17.6 Å². The summed E-state index contributed by atoms with van der Waals surface area (Å²) >= 11 is 0. The highest BCUT2D eigenvalue weighted by Gasteiger charge is 2.26. The molecule has 0 aromatic heterocycles. The van der Waals surface area contributed by atoms with Crippen LogP contribution in [0.25, 0.3) is 0 Å². The number of hydrogen-bond donors (Lipinski definition) is 4. The van der Waals surface area contributed by atoms with E-state index in [2.05, 4.69) is 5.32 Å². The van der Waals surface area contributed by atoms with Crippen molar-refractivity contribution in [2.24, 2.45) is 0 Å². The molecule has 0 unspecified atom stereocenters. The number of halogens is 1. The van der Waals surface area contributed by atoms with E-state index < -0.39 is 27.9 Å². The quantitative estimate of drug-likeness (QED) is 0.433. The molecule has 1 aromatic carbocycles. The lowest BCUT2D eigenvalue weighted by molar-refractivity contribution is 0.200. The maximum atomic E-state index is 14.7. The molecule has 26 heavy (non-hydrogen) atoms. The Bertz CT molecular complexity index is 778. The first kappa shape index (κ1) is 19.9. The minimum atomic E-state index is -3.25. The number of piperazine rings is 1. The monoisotopic (exact) mass is 387 g/mol. The number of benzene rings is 1. The highest BCUT2D eigenvalue weighted by Crippen LogP contribution is 2.24. The Hall–Kier alpha value is -2.40. The molecule has 0 bridgehead atoms. The predicted octanol–water partition coefficient (Wildman–Crippen LogP) is 0.589. The normalized spacial score (nSPS) is 15.5. The molecule has 1 amide bonds. The van der Waals surface area contributed by atoms with Gasteiger partial charge in [-0.1, -0.05) is 12.1 Å². The van der Waals surface area contributed by atoms with E-state index in [-0.39, 0.29) is 17.9 Å². The summed E-state index contributed by atoms with van der Waals surface area (Å²) in [6, 6.07) is 4.82. The van der Waals surface area contributed by atoms with Crippen LogP contribution in [0.15, 0.2) is 18.2 Å². The summed E-state index contributed by atoms with van der Waals surface area (Å²) < 4.78 is 40.0. The molecule has 1 aliphatic heterocycles. The van der Waals surface area contributed by atoms with E-state index in [4.69, 9.17) is 10.5 Å². The first-order valence-corrected chi connectivity index (χ1v) is 9.68. The molecule has 4 N–H and O–H groups in total. The lowest BCUT2D eigenvalue weighted by Crippen LogP contribution is -2.49. The number of hydrogen-bond acceptors (Lipinski definition) is 5.